The van der Waals surface area contributed by atoms with E-state index in [1.165, 1.54) is 0 Å². The molecule has 0 fully saturated rings. The molecule has 3 heteroatoms. The molecular weight excluding hydrogens is 216 g/mol. The van der Waals surface area contributed by atoms with Crippen LogP contribution >= 0.6 is 0 Å². The molecule has 3 nitrogen and oxygen atoms in total. The Labute approximate surface area is 99.3 Å². The van der Waals surface area contributed by atoms with Gasteiger partial charge in [-0.2, -0.15) is 0 Å². The summed E-state index contributed by atoms with van der Waals surface area (Å²) >= 11 is 0. The molecule has 0 aromatic heterocycles. The number of carbonyl (C=O) groups is 1. The first-order valence-corrected chi connectivity index (χ1v) is 5.22. The van der Waals surface area contributed by atoms with Crippen LogP contribution in [0, 0.1) is 23.7 Å². The van der Waals surface area contributed by atoms with Crippen molar-refractivity contribution in [2.75, 3.05) is 0 Å². The van der Waals surface area contributed by atoms with E-state index < -0.39 is 6.10 Å². The molecule has 84 valence electrons. The molecule has 1 aromatic carbocycles. The Hall–Kier alpha value is -2.07. The third-order valence-corrected chi connectivity index (χ3v) is 2.41. The zero-order valence-corrected chi connectivity index (χ0v) is 9.06. The zero-order chi connectivity index (χ0) is 12.1. The molecule has 0 heterocycles. The summed E-state index contributed by atoms with van der Waals surface area (Å²) in [5.41, 5.74) is 1.18. The van der Waals surface area contributed by atoms with Crippen LogP contribution in [0.15, 0.2) is 24.3 Å². The van der Waals surface area contributed by atoms with E-state index in [1.54, 1.807) is 18.2 Å². The molecule has 1 N–H and O–H groups in total. The molecule has 0 aliphatic heterocycles. The van der Waals surface area contributed by atoms with Crippen LogP contribution in [-0.2, 0) is 4.89 Å². The summed E-state index contributed by atoms with van der Waals surface area (Å²) in [7, 11) is 0. The minimum absolute atomic E-state index is 0.256. The summed E-state index contributed by atoms with van der Waals surface area (Å²) in [5, 5.41) is 8.61. The van der Waals surface area contributed by atoms with Crippen LogP contribution in [0.3, 0.4) is 0 Å². The normalized spacial score (nSPS) is 18.2. The predicted molar refractivity (Wildman–Crippen MR) is 62.2 cm³/mol. The van der Waals surface area contributed by atoms with Gasteiger partial charge in [0.05, 0.1) is 0 Å². The van der Waals surface area contributed by atoms with E-state index in [-0.39, 0.29) is 5.78 Å². The number of benzene rings is 1. The third kappa shape index (κ3) is 2.73. The first-order valence-electron chi connectivity index (χ1n) is 5.22. The minimum Gasteiger partial charge on any atom is -0.279 e. The maximum absolute atomic E-state index is 11.8. The lowest BCUT2D eigenvalue weighted by Gasteiger charge is -2.06. The Kier molecular flexibility index (Phi) is 3.57. The molecule has 1 aliphatic rings. The molecule has 0 bridgehead atoms. The molecule has 1 unspecified atom stereocenters. The molecule has 17 heavy (non-hydrogen) atoms. The van der Waals surface area contributed by atoms with Gasteiger partial charge in [0.15, 0.2) is 0 Å². The van der Waals surface area contributed by atoms with Crippen molar-refractivity contribution in [3.8, 4) is 23.7 Å². The lowest BCUT2D eigenvalue weighted by Crippen LogP contribution is -2.09. The van der Waals surface area contributed by atoms with Crippen LogP contribution in [0.1, 0.15) is 28.8 Å². The second-order valence-corrected chi connectivity index (χ2v) is 3.61. The standard InChI is InChI=1S/C14H10O3/c15-14-10-4-8-12(17-16)7-3-6-11-5-1-2-9-13(11)14/h1-2,5,9,12,16H,7-8H2. The van der Waals surface area contributed by atoms with Crippen LogP contribution in [-0.4, -0.2) is 17.1 Å². The summed E-state index contributed by atoms with van der Waals surface area (Å²) < 4.78 is 0. The Morgan fingerprint density at radius 1 is 1.18 bits per heavy atom. The molecule has 0 saturated heterocycles. The molecule has 0 radical (unpaired) electrons. The van der Waals surface area contributed by atoms with E-state index in [0.717, 1.165) is 0 Å². The summed E-state index contributed by atoms with van der Waals surface area (Å²) in [6, 6.07) is 7.09. The van der Waals surface area contributed by atoms with Gasteiger partial charge in [-0.3, -0.25) is 10.1 Å². The van der Waals surface area contributed by atoms with E-state index >= 15 is 0 Å². The minimum atomic E-state index is -0.465. The molecule has 1 aromatic rings. The summed E-state index contributed by atoms with van der Waals surface area (Å²) in [6.45, 7) is 0. The average Bonchev–Trinajstić information content (AvgIpc) is 2.37. The molecule has 2 rings (SSSR count). The third-order valence-electron chi connectivity index (χ3n) is 2.41. The van der Waals surface area contributed by atoms with Gasteiger partial charge in [-0.25, -0.2) is 4.89 Å². The molecule has 0 spiro atoms. The molecule has 0 amide bonds. The number of hydrogen-bond acceptors (Lipinski definition) is 3. The summed E-state index contributed by atoms with van der Waals surface area (Å²) in [6.07, 6.45) is 0.209. The van der Waals surface area contributed by atoms with Gasteiger partial charge in [-0.05, 0) is 18.1 Å². The lowest BCUT2D eigenvalue weighted by molar-refractivity contribution is -0.275. The van der Waals surface area contributed by atoms with Crippen molar-refractivity contribution >= 4 is 5.78 Å². The van der Waals surface area contributed by atoms with Gasteiger partial charge in [-0.15, -0.1) is 0 Å². The highest BCUT2D eigenvalue weighted by atomic mass is 17.1. The van der Waals surface area contributed by atoms with Gasteiger partial charge in [0.25, 0.3) is 0 Å². The van der Waals surface area contributed by atoms with Gasteiger partial charge in [-0.1, -0.05) is 29.9 Å². The zero-order valence-electron chi connectivity index (χ0n) is 9.06. The average molecular weight is 226 g/mol. The van der Waals surface area contributed by atoms with Crippen LogP contribution in [0.2, 0.25) is 0 Å². The predicted octanol–water partition coefficient (Wildman–Crippen LogP) is 1.88. The van der Waals surface area contributed by atoms with Crippen molar-refractivity contribution < 1.29 is 14.9 Å². The number of rotatable bonds is 1. The van der Waals surface area contributed by atoms with E-state index in [2.05, 4.69) is 28.6 Å². The molecule has 0 saturated carbocycles. The fourth-order valence-corrected chi connectivity index (χ4v) is 1.51. The SMILES string of the molecule is O=C1C#CCC(OO)CC#Cc2ccccc21. The highest BCUT2D eigenvalue weighted by Crippen LogP contribution is 2.10. The molecule has 1 atom stereocenters. The quantitative estimate of drug-likeness (QED) is 0.344. The molecule has 1 aliphatic carbocycles. The summed E-state index contributed by atoms with van der Waals surface area (Å²) in [4.78, 5) is 16.0. The van der Waals surface area contributed by atoms with E-state index in [1.807, 2.05) is 6.07 Å². The number of carbonyl (C=O) groups excluding carboxylic acids is 1. The first kappa shape index (κ1) is 11.4. The van der Waals surface area contributed by atoms with Crippen molar-refractivity contribution in [1.82, 2.24) is 0 Å². The Bertz CT molecular complexity index is 552. The van der Waals surface area contributed by atoms with E-state index in [9.17, 15) is 4.79 Å². The highest BCUT2D eigenvalue weighted by Gasteiger charge is 2.10. The topological polar surface area (TPSA) is 46.5 Å². The second-order valence-electron chi connectivity index (χ2n) is 3.61. The Morgan fingerprint density at radius 2 is 1.88 bits per heavy atom. The largest absolute Gasteiger partial charge is 0.279 e. The van der Waals surface area contributed by atoms with Crippen molar-refractivity contribution in [2.24, 2.45) is 0 Å². The van der Waals surface area contributed by atoms with Crippen LogP contribution < -0.4 is 0 Å². The van der Waals surface area contributed by atoms with Gasteiger partial charge in [0, 0.05) is 24.0 Å². The first-order chi connectivity index (χ1) is 8.31. The van der Waals surface area contributed by atoms with Crippen molar-refractivity contribution in [3.05, 3.63) is 35.4 Å². The number of Topliss-reactive ketones (excluding diaryl/α,β-unsaturated/α-hetero) is 1. The second kappa shape index (κ2) is 5.32. The van der Waals surface area contributed by atoms with Crippen LogP contribution in [0.5, 0.6) is 0 Å². The smallest absolute Gasteiger partial charge is 0.237 e. The van der Waals surface area contributed by atoms with Gasteiger partial charge in [0.2, 0.25) is 5.78 Å². The van der Waals surface area contributed by atoms with Crippen LogP contribution in [0.4, 0.5) is 0 Å². The number of fused-ring (bicyclic) bond motifs is 1. The van der Waals surface area contributed by atoms with Crippen molar-refractivity contribution in [3.63, 3.8) is 0 Å². The van der Waals surface area contributed by atoms with Gasteiger partial charge in [0.1, 0.15) is 6.10 Å². The summed E-state index contributed by atoms with van der Waals surface area (Å²) in [5.74, 6) is 10.7. The van der Waals surface area contributed by atoms with Gasteiger partial charge < -0.3 is 0 Å². The Balaban J connectivity index is 2.42. The maximum atomic E-state index is 11.8. The number of ketones is 1. The lowest BCUT2D eigenvalue weighted by atomic mass is 10.0. The monoisotopic (exact) mass is 226 g/mol. The maximum Gasteiger partial charge on any atom is 0.237 e. The Morgan fingerprint density at radius 3 is 2.65 bits per heavy atom. The van der Waals surface area contributed by atoms with E-state index in [0.29, 0.717) is 24.0 Å². The fraction of sp³-hybridized carbons (Fsp3) is 0.214. The van der Waals surface area contributed by atoms with E-state index in [4.69, 9.17) is 5.26 Å². The van der Waals surface area contributed by atoms with Crippen LogP contribution in [0.25, 0.3) is 0 Å². The molecular formula is C14H10O3. The fourth-order valence-electron chi connectivity index (χ4n) is 1.51. The van der Waals surface area contributed by atoms with Gasteiger partial charge >= 0.3 is 0 Å². The highest BCUT2D eigenvalue weighted by molar-refractivity contribution is 6.10. The van der Waals surface area contributed by atoms with Crippen molar-refractivity contribution in [2.45, 2.75) is 18.9 Å². The van der Waals surface area contributed by atoms with Crippen molar-refractivity contribution in [1.29, 1.82) is 0 Å². The number of hydrogen-bond donors (Lipinski definition) is 1.